The Labute approximate surface area is 196 Å². The topological polar surface area (TPSA) is 73.9 Å². The predicted octanol–water partition coefficient (Wildman–Crippen LogP) is 6.05. The average molecular weight is 474 g/mol. The molecule has 2 aromatic carbocycles. The number of hydrogen-bond donors (Lipinski definition) is 1. The molecule has 0 fully saturated rings. The van der Waals surface area contributed by atoms with Crippen LogP contribution >= 0.6 is 22.9 Å². The van der Waals surface area contributed by atoms with Gasteiger partial charge >= 0.3 is 5.97 Å². The molecule has 0 atom stereocenters. The number of carbonyl (C=O) groups is 2. The molecule has 0 unspecified atom stereocenters. The van der Waals surface area contributed by atoms with E-state index in [1.54, 1.807) is 52.1 Å². The van der Waals surface area contributed by atoms with Gasteiger partial charge in [0.05, 0.1) is 13.7 Å². The molecule has 1 heterocycles. The van der Waals surface area contributed by atoms with Gasteiger partial charge in [-0.2, -0.15) is 0 Å². The maximum Gasteiger partial charge on any atom is 0.341 e. The Morgan fingerprint density at radius 2 is 1.66 bits per heavy atom. The minimum atomic E-state index is -1.20. The van der Waals surface area contributed by atoms with Crippen molar-refractivity contribution >= 4 is 39.8 Å². The molecule has 3 aromatic rings. The Balaban J connectivity index is 1.89. The van der Waals surface area contributed by atoms with Crippen LogP contribution in [0.1, 0.15) is 31.1 Å². The Morgan fingerprint density at radius 1 is 1.03 bits per heavy atom. The highest BCUT2D eigenvalue weighted by Crippen LogP contribution is 2.37. The molecule has 32 heavy (non-hydrogen) atoms. The van der Waals surface area contributed by atoms with Crippen LogP contribution in [0.2, 0.25) is 5.02 Å². The summed E-state index contributed by atoms with van der Waals surface area (Å²) in [5, 5.41) is 5.62. The third kappa shape index (κ3) is 5.41. The van der Waals surface area contributed by atoms with Crippen LogP contribution < -0.4 is 14.8 Å². The molecule has 0 radical (unpaired) electrons. The first-order chi connectivity index (χ1) is 15.2. The number of carbonyl (C=O) groups excluding carboxylic acids is 2. The third-order valence-electron chi connectivity index (χ3n) is 4.63. The number of rotatable bonds is 8. The number of esters is 1. The Bertz CT molecular complexity index is 1090. The maximum atomic E-state index is 13.0. The lowest BCUT2D eigenvalue weighted by molar-refractivity contribution is -0.128. The first kappa shape index (κ1) is 23.6. The van der Waals surface area contributed by atoms with E-state index in [1.807, 2.05) is 29.6 Å². The van der Waals surface area contributed by atoms with Gasteiger partial charge in [0.15, 0.2) is 5.60 Å². The highest BCUT2D eigenvalue weighted by Gasteiger charge is 2.32. The van der Waals surface area contributed by atoms with Gasteiger partial charge in [-0.3, -0.25) is 4.79 Å². The van der Waals surface area contributed by atoms with E-state index in [9.17, 15) is 9.59 Å². The largest absolute Gasteiger partial charge is 0.497 e. The molecular weight excluding hydrogens is 450 g/mol. The molecule has 0 aliphatic carbocycles. The molecule has 0 saturated heterocycles. The van der Waals surface area contributed by atoms with E-state index in [0.29, 0.717) is 32.6 Å². The molecule has 168 valence electrons. The predicted molar refractivity (Wildman–Crippen MR) is 127 cm³/mol. The van der Waals surface area contributed by atoms with Gasteiger partial charge in [0.1, 0.15) is 22.1 Å². The zero-order valence-electron chi connectivity index (χ0n) is 18.2. The molecular formula is C24H24ClNO5S. The van der Waals surface area contributed by atoms with Crippen molar-refractivity contribution in [2.75, 3.05) is 19.0 Å². The number of amides is 1. The fourth-order valence-corrected chi connectivity index (χ4v) is 4.01. The minimum absolute atomic E-state index is 0.218. The van der Waals surface area contributed by atoms with Crippen LogP contribution in [-0.4, -0.2) is 31.2 Å². The molecule has 0 bridgehead atoms. The third-order valence-corrected chi connectivity index (χ3v) is 5.78. The van der Waals surface area contributed by atoms with E-state index in [2.05, 4.69) is 5.32 Å². The Morgan fingerprint density at radius 3 is 2.25 bits per heavy atom. The first-order valence-corrected chi connectivity index (χ1v) is 11.2. The lowest BCUT2D eigenvalue weighted by Gasteiger charge is -2.25. The second kappa shape index (κ2) is 10.1. The van der Waals surface area contributed by atoms with Gasteiger partial charge in [-0.1, -0.05) is 23.7 Å². The number of benzene rings is 2. The van der Waals surface area contributed by atoms with Gasteiger partial charge in [-0.15, -0.1) is 11.3 Å². The maximum absolute atomic E-state index is 13.0. The lowest BCUT2D eigenvalue weighted by atomic mass is 10.0. The summed E-state index contributed by atoms with van der Waals surface area (Å²) in [6, 6.07) is 14.1. The first-order valence-electron chi connectivity index (χ1n) is 9.94. The smallest absolute Gasteiger partial charge is 0.341 e. The number of methoxy groups -OCH3 is 1. The van der Waals surface area contributed by atoms with Crippen molar-refractivity contribution in [2.45, 2.75) is 26.4 Å². The molecule has 0 aliphatic heterocycles. The van der Waals surface area contributed by atoms with Gasteiger partial charge in [-0.05, 0) is 62.7 Å². The van der Waals surface area contributed by atoms with E-state index in [-0.39, 0.29) is 6.61 Å². The van der Waals surface area contributed by atoms with Crippen LogP contribution in [0.15, 0.2) is 53.9 Å². The lowest BCUT2D eigenvalue weighted by Crippen LogP contribution is -2.42. The Hall–Kier alpha value is -3.03. The highest BCUT2D eigenvalue weighted by atomic mass is 35.5. The summed E-state index contributed by atoms with van der Waals surface area (Å²) in [7, 11) is 1.59. The molecule has 1 aromatic heterocycles. The van der Waals surface area contributed by atoms with Gasteiger partial charge < -0.3 is 19.5 Å². The van der Waals surface area contributed by atoms with Gasteiger partial charge in [0, 0.05) is 16.0 Å². The van der Waals surface area contributed by atoms with Crippen LogP contribution in [-0.2, 0) is 9.53 Å². The van der Waals surface area contributed by atoms with Crippen molar-refractivity contribution in [1.82, 2.24) is 0 Å². The second-order valence-electron chi connectivity index (χ2n) is 7.32. The Kier molecular flexibility index (Phi) is 7.43. The van der Waals surface area contributed by atoms with E-state index >= 15 is 0 Å². The number of hydrogen-bond acceptors (Lipinski definition) is 6. The normalized spacial score (nSPS) is 11.0. The molecule has 0 aliphatic rings. The number of anilines is 1. The molecule has 1 amide bonds. The van der Waals surface area contributed by atoms with Crippen molar-refractivity contribution in [3.05, 3.63) is 64.5 Å². The SMILES string of the molecule is CCOC(=O)c1c(-c2ccc(OC)cc2)csc1NC(=O)C(C)(C)Oc1ccc(Cl)cc1. The quantitative estimate of drug-likeness (QED) is 0.403. The second-order valence-corrected chi connectivity index (χ2v) is 8.64. The van der Waals surface area contributed by atoms with Crippen molar-refractivity contribution in [2.24, 2.45) is 0 Å². The summed E-state index contributed by atoms with van der Waals surface area (Å²) in [5.41, 5.74) is 0.576. The van der Waals surface area contributed by atoms with E-state index < -0.39 is 17.5 Å². The summed E-state index contributed by atoms with van der Waals surface area (Å²) in [6.07, 6.45) is 0. The summed E-state index contributed by atoms with van der Waals surface area (Å²) in [6.45, 7) is 5.26. The van der Waals surface area contributed by atoms with Gasteiger partial charge in [-0.25, -0.2) is 4.79 Å². The van der Waals surface area contributed by atoms with Crippen LogP contribution in [0.25, 0.3) is 11.1 Å². The van der Waals surface area contributed by atoms with Crippen molar-refractivity contribution in [3.8, 4) is 22.6 Å². The number of nitrogens with one attached hydrogen (secondary N) is 1. The highest BCUT2D eigenvalue weighted by molar-refractivity contribution is 7.15. The summed E-state index contributed by atoms with van der Waals surface area (Å²) in [4.78, 5) is 25.8. The van der Waals surface area contributed by atoms with Crippen LogP contribution in [0.3, 0.4) is 0 Å². The van der Waals surface area contributed by atoms with Gasteiger partial charge in [0.2, 0.25) is 0 Å². The van der Waals surface area contributed by atoms with Crippen LogP contribution in [0, 0.1) is 0 Å². The minimum Gasteiger partial charge on any atom is -0.497 e. The van der Waals surface area contributed by atoms with Crippen LogP contribution in [0.4, 0.5) is 5.00 Å². The standard InChI is InChI=1S/C24H24ClNO5S/c1-5-30-22(27)20-19(15-6-10-17(29-4)11-7-15)14-32-21(20)26-23(28)24(2,3)31-18-12-8-16(25)9-13-18/h6-14H,5H2,1-4H3,(H,26,28). The monoisotopic (exact) mass is 473 g/mol. The average Bonchev–Trinajstić information content (AvgIpc) is 3.19. The van der Waals surface area contributed by atoms with E-state index in [1.165, 1.54) is 11.3 Å². The molecule has 6 nitrogen and oxygen atoms in total. The van der Waals surface area contributed by atoms with Crippen molar-refractivity contribution < 1.29 is 23.8 Å². The van der Waals surface area contributed by atoms with Crippen LogP contribution in [0.5, 0.6) is 11.5 Å². The number of thiophene rings is 1. The zero-order chi connectivity index (χ0) is 23.3. The fraction of sp³-hybridized carbons (Fsp3) is 0.250. The van der Waals surface area contributed by atoms with E-state index in [0.717, 1.165) is 5.56 Å². The van der Waals surface area contributed by atoms with Crippen molar-refractivity contribution in [1.29, 1.82) is 0 Å². The van der Waals surface area contributed by atoms with Crippen molar-refractivity contribution in [3.63, 3.8) is 0 Å². The fourth-order valence-electron chi connectivity index (χ4n) is 2.94. The summed E-state index contributed by atoms with van der Waals surface area (Å²) < 4.78 is 16.3. The zero-order valence-corrected chi connectivity index (χ0v) is 19.8. The van der Waals surface area contributed by atoms with Gasteiger partial charge in [0.25, 0.3) is 5.91 Å². The number of ether oxygens (including phenoxy) is 3. The molecule has 8 heteroatoms. The summed E-state index contributed by atoms with van der Waals surface area (Å²) >= 11 is 7.16. The number of halogens is 1. The molecule has 0 saturated carbocycles. The molecule has 3 rings (SSSR count). The van der Waals surface area contributed by atoms with E-state index in [4.69, 9.17) is 25.8 Å². The molecule has 0 spiro atoms. The summed E-state index contributed by atoms with van der Waals surface area (Å²) in [5.74, 6) is 0.300. The molecule has 1 N–H and O–H groups in total.